The molecule has 0 saturated carbocycles. The van der Waals surface area contributed by atoms with Gasteiger partial charge in [0.15, 0.2) is 0 Å². The first-order valence-electron chi connectivity index (χ1n) is 8.02. The summed E-state index contributed by atoms with van der Waals surface area (Å²) in [6.07, 6.45) is 2.22. The van der Waals surface area contributed by atoms with Crippen molar-refractivity contribution in [1.29, 1.82) is 0 Å². The van der Waals surface area contributed by atoms with Gasteiger partial charge in [0, 0.05) is 35.5 Å². The van der Waals surface area contributed by atoms with Gasteiger partial charge in [0.05, 0.1) is 0 Å². The summed E-state index contributed by atoms with van der Waals surface area (Å²) in [7, 11) is 0. The third-order valence-corrected chi connectivity index (χ3v) is 5.32. The van der Waals surface area contributed by atoms with Crippen molar-refractivity contribution in [2.24, 2.45) is 5.92 Å². The van der Waals surface area contributed by atoms with Crippen LogP contribution in [0.15, 0.2) is 41.3 Å². The summed E-state index contributed by atoms with van der Waals surface area (Å²) >= 11 is 1.97. The Bertz CT molecular complexity index is 615. The van der Waals surface area contributed by atoms with E-state index < -0.39 is 0 Å². The molecule has 1 fully saturated rings. The molecule has 0 aliphatic carbocycles. The molecule has 0 bridgehead atoms. The molecule has 4 heteroatoms. The standard InChI is InChI=1S/C18H23N3S/c1-3-16-11-18(20-14(2)19-16)21-10-9-15(12-21)13-22-17-7-5-4-6-8-17/h4-8,11,15H,3,9-10,12-13H2,1-2H3. The van der Waals surface area contributed by atoms with Crippen molar-refractivity contribution in [3.63, 3.8) is 0 Å². The minimum absolute atomic E-state index is 0.741. The molecule has 1 atom stereocenters. The summed E-state index contributed by atoms with van der Waals surface area (Å²) in [5, 5.41) is 0. The van der Waals surface area contributed by atoms with Crippen LogP contribution in [0.25, 0.3) is 0 Å². The second-order valence-electron chi connectivity index (χ2n) is 5.84. The molecule has 2 aromatic rings. The number of rotatable bonds is 5. The Hall–Kier alpha value is -1.55. The summed E-state index contributed by atoms with van der Waals surface area (Å²) in [5.41, 5.74) is 1.14. The van der Waals surface area contributed by atoms with E-state index in [0.29, 0.717) is 0 Å². The van der Waals surface area contributed by atoms with Gasteiger partial charge in [-0.1, -0.05) is 25.1 Å². The molecule has 22 heavy (non-hydrogen) atoms. The zero-order valence-corrected chi connectivity index (χ0v) is 14.1. The van der Waals surface area contributed by atoms with E-state index in [1.165, 1.54) is 17.1 Å². The average Bonchev–Trinajstić information content (AvgIpc) is 3.02. The van der Waals surface area contributed by atoms with Crippen LogP contribution >= 0.6 is 11.8 Å². The zero-order chi connectivity index (χ0) is 15.4. The largest absolute Gasteiger partial charge is 0.356 e. The molecule has 1 saturated heterocycles. The number of anilines is 1. The van der Waals surface area contributed by atoms with Gasteiger partial charge < -0.3 is 4.90 Å². The Balaban J connectivity index is 1.59. The molecule has 0 radical (unpaired) electrons. The average molecular weight is 313 g/mol. The number of aryl methyl sites for hydroxylation is 2. The number of nitrogens with zero attached hydrogens (tertiary/aromatic N) is 3. The summed E-state index contributed by atoms with van der Waals surface area (Å²) in [5.74, 6) is 3.92. The van der Waals surface area contributed by atoms with Crippen LogP contribution in [0.1, 0.15) is 24.9 Å². The van der Waals surface area contributed by atoms with Crippen molar-refractivity contribution < 1.29 is 0 Å². The molecule has 1 aliphatic rings. The molecule has 3 rings (SSSR count). The topological polar surface area (TPSA) is 29.0 Å². The van der Waals surface area contributed by atoms with Crippen LogP contribution in [0.4, 0.5) is 5.82 Å². The van der Waals surface area contributed by atoms with Crippen molar-refractivity contribution in [3.05, 3.63) is 47.9 Å². The predicted molar refractivity (Wildman–Crippen MR) is 93.6 cm³/mol. The SMILES string of the molecule is CCc1cc(N2CCC(CSc3ccccc3)C2)nc(C)n1. The fourth-order valence-corrected chi connectivity index (χ4v) is 3.91. The van der Waals surface area contributed by atoms with E-state index in [-0.39, 0.29) is 0 Å². The Labute approximate surface area is 137 Å². The number of aromatic nitrogens is 2. The molecule has 0 amide bonds. The molecule has 1 aromatic heterocycles. The molecular weight excluding hydrogens is 290 g/mol. The number of thioether (sulfide) groups is 1. The van der Waals surface area contributed by atoms with E-state index in [0.717, 1.165) is 42.8 Å². The lowest BCUT2D eigenvalue weighted by Crippen LogP contribution is -2.22. The monoisotopic (exact) mass is 313 g/mol. The first-order valence-corrected chi connectivity index (χ1v) is 9.00. The van der Waals surface area contributed by atoms with Gasteiger partial charge in [-0.2, -0.15) is 0 Å². The number of benzene rings is 1. The Morgan fingerprint density at radius 3 is 2.82 bits per heavy atom. The Kier molecular flexibility index (Phi) is 4.98. The van der Waals surface area contributed by atoms with E-state index in [1.807, 2.05) is 18.7 Å². The minimum atomic E-state index is 0.741. The molecule has 0 spiro atoms. The van der Waals surface area contributed by atoms with Crippen LogP contribution in [0.3, 0.4) is 0 Å². The van der Waals surface area contributed by atoms with E-state index >= 15 is 0 Å². The van der Waals surface area contributed by atoms with Gasteiger partial charge in [-0.05, 0) is 37.8 Å². The fourth-order valence-electron chi connectivity index (χ4n) is 2.86. The third-order valence-electron chi connectivity index (χ3n) is 4.08. The second-order valence-corrected chi connectivity index (χ2v) is 6.94. The zero-order valence-electron chi connectivity index (χ0n) is 13.3. The molecule has 116 valence electrons. The van der Waals surface area contributed by atoms with Crippen LogP contribution in [0.2, 0.25) is 0 Å². The lowest BCUT2D eigenvalue weighted by molar-refractivity contribution is 0.670. The van der Waals surface area contributed by atoms with Crippen molar-refractivity contribution in [3.8, 4) is 0 Å². The van der Waals surface area contributed by atoms with Crippen LogP contribution in [-0.4, -0.2) is 28.8 Å². The molecule has 1 unspecified atom stereocenters. The molecule has 2 heterocycles. The first kappa shape index (κ1) is 15.3. The van der Waals surface area contributed by atoms with Gasteiger partial charge in [0.1, 0.15) is 11.6 Å². The first-order chi connectivity index (χ1) is 10.7. The van der Waals surface area contributed by atoms with Gasteiger partial charge in [-0.15, -0.1) is 11.8 Å². The summed E-state index contributed by atoms with van der Waals surface area (Å²) in [6, 6.07) is 12.8. The van der Waals surface area contributed by atoms with E-state index in [9.17, 15) is 0 Å². The fraction of sp³-hybridized carbons (Fsp3) is 0.444. The van der Waals surface area contributed by atoms with E-state index in [2.05, 4.69) is 58.2 Å². The van der Waals surface area contributed by atoms with Crippen LogP contribution in [0, 0.1) is 12.8 Å². The maximum absolute atomic E-state index is 4.62. The van der Waals surface area contributed by atoms with Crippen molar-refractivity contribution >= 4 is 17.6 Å². The number of hydrogen-bond donors (Lipinski definition) is 0. The predicted octanol–water partition coefficient (Wildman–Crippen LogP) is 3.97. The van der Waals surface area contributed by atoms with Crippen LogP contribution < -0.4 is 4.90 Å². The van der Waals surface area contributed by atoms with Crippen LogP contribution in [-0.2, 0) is 6.42 Å². The Morgan fingerprint density at radius 1 is 1.23 bits per heavy atom. The van der Waals surface area contributed by atoms with Gasteiger partial charge in [-0.25, -0.2) is 9.97 Å². The maximum atomic E-state index is 4.62. The van der Waals surface area contributed by atoms with Crippen molar-refractivity contribution in [2.45, 2.75) is 31.6 Å². The summed E-state index contributed by atoms with van der Waals surface area (Å²) in [4.78, 5) is 12.9. The van der Waals surface area contributed by atoms with Crippen LogP contribution in [0.5, 0.6) is 0 Å². The van der Waals surface area contributed by atoms with Gasteiger partial charge >= 0.3 is 0 Å². The van der Waals surface area contributed by atoms with Crippen molar-refractivity contribution in [1.82, 2.24) is 9.97 Å². The summed E-state index contributed by atoms with van der Waals surface area (Å²) in [6.45, 7) is 6.36. The molecule has 1 aliphatic heterocycles. The quantitative estimate of drug-likeness (QED) is 0.781. The van der Waals surface area contributed by atoms with Gasteiger partial charge in [0.2, 0.25) is 0 Å². The molecule has 1 aromatic carbocycles. The van der Waals surface area contributed by atoms with E-state index in [4.69, 9.17) is 0 Å². The molecule has 0 N–H and O–H groups in total. The van der Waals surface area contributed by atoms with Crippen molar-refractivity contribution in [2.75, 3.05) is 23.7 Å². The number of hydrogen-bond acceptors (Lipinski definition) is 4. The minimum Gasteiger partial charge on any atom is -0.356 e. The highest BCUT2D eigenvalue weighted by Gasteiger charge is 2.24. The third kappa shape index (κ3) is 3.80. The highest BCUT2D eigenvalue weighted by atomic mass is 32.2. The summed E-state index contributed by atoms with van der Waals surface area (Å²) < 4.78 is 0. The lowest BCUT2D eigenvalue weighted by atomic mass is 10.2. The molecular formula is C18H23N3S. The highest BCUT2D eigenvalue weighted by Crippen LogP contribution is 2.28. The van der Waals surface area contributed by atoms with Gasteiger partial charge in [-0.3, -0.25) is 0 Å². The lowest BCUT2D eigenvalue weighted by Gasteiger charge is -2.18. The highest BCUT2D eigenvalue weighted by molar-refractivity contribution is 7.99. The normalized spacial score (nSPS) is 17.9. The van der Waals surface area contributed by atoms with Gasteiger partial charge in [0.25, 0.3) is 0 Å². The smallest absolute Gasteiger partial charge is 0.132 e. The molecule has 3 nitrogen and oxygen atoms in total. The van der Waals surface area contributed by atoms with E-state index in [1.54, 1.807) is 0 Å². The Morgan fingerprint density at radius 2 is 2.05 bits per heavy atom. The maximum Gasteiger partial charge on any atom is 0.132 e. The second kappa shape index (κ2) is 7.14.